The fraction of sp³-hybridized carbons (Fsp3) is 0.550. The SMILES string of the molecule is O=C(c1cc(C2CC2)on1)N1CC2(CC(OCc3ccccn3)CCO2)C1. The lowest BCUT2D eigenvalue weighted by Crippen LogP contribution is -2.67. The number of likely N-dealkylation sites (tertiary alicyclic amines) is 1. The molecule has 0 radical (unpaired) electrons. The van der Waals surface area contributed by atoms with Crippen molar-refractivity contribution in [2.45, 2.75) is 49.9 Å². The maximum absolute atomic E-state index is 12.6. The van der Waals surface area contributed by atoms with Crippen molar-refractivity contribution < 1.29 is 18.8 Å². The van der Waals surface area contributed by atoms with Crippen molar-refractivity contribution in [3.05, 3.63) is 47.6 Å². The normalized spacial score (nSPS) is 24.0. The van der Waals surface area contributed by atoms with E-state index >= 15 is 0 Å². The summed E-state index contributed by atoms with van der Waals surface area (Å²) < 4.78 is 17.4. The summed E-state index contributed by atoms with van der Waals surface area (Å²) in [6, 6.07) is 7.62. The van der Waals surface area contributed by atoms with Gasteiger partial charge in [0.15, 0.2) is 5.69 Å². The minimum absolute atomic E-state index is 0.0728. The second-order valence-electron chi connectivity index (χ2n) is 7.83. The molecule has 2 aromatic rings. The summed E-state index contributed by atoms with van der Waals surface area (Å²) in [5.74, 6) is 1.22. The van der Waals surface area contributed by atoms with Crippen molar-refractivity contribution in [1.82, 2.24) is 15.0 Å². The number of carbonyl (C=O) groups excluding carboxylic acids is 1. The summed E-state index contributed by atoms with van der Waals surface area (Å²) in [7, 11) is 0. The summed E-state index contributed by atoms with van der Waals surface area (Å²) >= 11 is 0. The van der Waals surface area contributed by atoms with Gasteiger partial charge in [0.25, 0.3) is 5.91 Å². The quantitative estimate of drug-likeness (QED) is 0.806. The van der Waals surface area contributed by atoms with Crippen LogP contribution in [0.4, 0.5) is 0 Å². The smallest absolute Gasteiger partial charge is 0.276 e. The van der Waals surface area contributed by atoms with Gasteiger partial charge in [-0.25, -0.2) is 0 Å². The Bertz CT molecular complexity index is 812. The fourth-order valence-corrected chi connectivity index (χ4v) is 3.94. The Kier molecular flexibility index (Phi) is 4.21. The van der Waals surface area contributed by atoms with E-state index in [0.29, 0.717) is 37.9 Å². The van der Waals surface area contributed by atoms with E-state index < -0.39 is 0 Å². The second kappa shape index (κ2) is 6.73. The molecule has 1 unspecified atom stereocenters. The van der Waals surface area contributed by atoms with E-state index in [-0.39, 0.29) is 17.6 Å². The van der Waals surface area contributed by atoms with E-state index in [9.17, 15) is 4.79 Å². The Balaban J connectivity index is 1.15. The molecular formula is C20H23N3O4. The highest BCUT2D eigenvalue weighted by molar-refractivity contribution is 5.93. The summed E-state index contributed by atoms with van der Waals surface area (Å²) in [5, 5.41) is 3.95. The molecule has 0 aromatic carbocycles. The minimum Gasteiger partial charge on any atom is -0.372 e. The van der Waals surface area contributed by atoms with E-state index in [4.69, 9.17) is 14.0 Å². The van der Waals surface area contributed by atoms with Crippen molar-refractivity contribution >= 4 is 5.91 Å². The van der Waals surface area contributed by atoms with Crippen molar-refractivity contribution in [2.24, 2.45) is 0 Å². The lowest BCUT2D eigenvalue weighted by Gasteiger charge is -2.52. The first-order valence-corrected chi connectivity index (χ1v) is 9.62. The zero-order chi connectivity index (χ0) is 18.3. The van der Waals surface area contributed by atoms with Crippen molar-refractivity contribution in [3.63, 3.8) is 0 Å². The lowest BCUT2D eigenvalue weighted by atomic mass is 9.84. The molecule has 3 fully saturated rings. The average Bonchev–Trinajstić information content (AvgIpc) is 3.42. The molecule has 3 aliphatic rings. The Morgan fingerprint density at radius 1 is 1.30 bits per heavy atom. The van der Waals surface area contributed by atoms with Crippen LogP contribution in [0, 0.1) is 0 Å². The van der Waals surface area contributed by atoms with E-state index in [1.807, 2.05) is 18.2 Å². The Morgan fingerprint density at radius 2 is 2.19 bits per heavy atom. The molecule has 1 spiro atoms. The summed E-state index contributed by atoms with van der Waals surface area (Å²) in [5.41, 5.74) is 1.05. The van der Waals surface area contributed by atoms with Gasteiger partial charge < -0.3 is 18.9 Å². The van der Waals surface area contributed by atoms with Crippen LogP contribution in [-0.2, 0) is 16.1 Å². The first-order valence-electron chi connectivity index (χ1n) is 9.62. The van der Waals surface area contributed by atoms with Crippen LogP contribution in [0.5, 0.6) is 0 Å². The summed E-state index contributed by atoms with van der Waals surface area (Å²) in [6.07, 6.45) is 5.84. The van der Waals surface area contributed by atoms with Gasteiger partial charge in [0.05, 0.1) is 31.5 Å². The van der Waals surface area contributed by atoms with Gasteiger partial charge in [-0.2, -0.15) is 0 Å². The standard InChI is InChI=1S/C20H23N3O4/c24-19(17-9-18(27-22-17)14-4-5-14)23-12-20(13-23)10-16(6-8-26-20)25-11-15-3-1-2-7-21-15/h1-3,7,9,14,16H,4-6,8,10-13H2. The van der Waals surface area contributed by atoms with Crippen molar-refractivity contribution in [3.8, 4) is 0 Å². The Labute approximate surface area is 157 Å². The van der Waals surface area contributed by atoms with Gasteiger partial charge in [0.2, 0.25) is 0 Å². The number of hydrogen-bond donors (Lipinski definition) is 0. The van der Waals surface area contributed by atoms with Gasteiger partial charge >= 0.3 is 0 Å². The van der Waals surface area contributed by atoms with E-state index in [2.05, 4.69) is 10.1 Å². The van der Waals surface area contributed by atoms with Gasteiger partial charge in [0, 0.05) is 31.2 Å². The maximum Gasteiger partial charge on any atom is 0.276 e. The molecule has 0 N–H and O–H groups in total. The lowest BCUT2D eigenvalue weighted by molar-refractivity contribution is -0.188. The molecule has 142 valence electrons. The van der Waals surface area contributed by atoms with Crippen LogP contribution in [0.25, 0.3) is 0 Å². The number of hydrogen-bond acceptors (Lipinski definition) is 6. The van der Waals surface area contributed by atoms with Crippen molar-refractivity contribution in [2.75, 3.05) is 19.7 Å². The molecule has 1 atom stereocenters. The maximum atomic E-state index is 12.6. The highest BCUT2D eigenvalue weighted by Crippen LogP contribution is 2.41. The van der Waals surface area contributed by atoms with Crippen LogP contribution < -0.4 is 0 Å². The average molecular weight is 369 g/mol. The molecule has 1 saturated carbocycles. The van der Waals surface area contributed by atoms with Crippen LogP contribution in [0.1, 0.15) is 53.5 Å². The largest absolute Gasteiger partial charge is 0.372 e. The molecule has 7 heteroatoms. The monoisotopic (exact) mass is 369 g/mol. The van der Waals surface area contributed by atoms with Gasteiger partial charge in [0.1, 0.15) is 11.4 Å². The predicted molar refractivity (Wildman–Crippen MR) is 95.1 cm³/mol. The molecule has 7 nitrogen and oxygen atoms in total. The van der Waals surface area contributed by atoms with Gasteiger partial charge in [-0.1, -0.05) is 11.2 Å². The van der Waals surface area contributed by atoms with E-state index in [0.717, 1.165) is 37.1 Å². The number of carbonyl (C=O) groups is 1. The van der Waals surface area contributed by atoms with Crippen LogP contribution in [-0.4, -0.2) is 52.3 Å². The Hall–Kier alpha value is -2.25. The minimum atomic E-state index is -0.286. The number of nitrogens with zero attached hydrogens (tertiary/aromatic N) is 3. The third-order valence-electron chi connectivity index (χ3n) is 5.61. The van der Waals surface area contributed by atoms with E-state index in [1.54, 1.807) is 17.2 Å². The third kappa shape index (κ3) is 3.49. The number of rotatable bonds is 5. The summed E-state index contributed by atoms with van der Waals surface area (Å²) in [4.78, 5) is 18.7. The first kappa shape index (κ1) is 16.9. The molecule has 2 saturated heterocycles. The summed E-state index contributed by atoms with van der Waals surface area (Å²) in [6.45, 7) is 2.33. The number of aromatic nitrogens is 2. The molecule has 2 aliphatic heterocycles. The molecule has 4 heterocycles. The molecule has 5 rings (SSSR count). The predicted octanol–water partition coefficient (Wildman–Crippen LogP) is 2.54. The molecule has 1 aliphatic carbocycles. The third-order valence-corrected chi connectivity index (χ3v) is 5.61. The Morgan fingerprint density at radius 3 is 2.96 bits per heavy atom. The molecular weight excluding hydrogens is 346 g/mol. The van der Waals surface area contributed by atoms with Gasteiger partial charge in [-0.15, -0.1) is 0 Å². The van der Waals surface area contributed by atoms with Crippen LogP contribution in [0.15, 0.2) is 35.0 Å². The highest BCUT2D eigenvalue weighted by atomic mass is 16.5. The molecule has 1 amide bonds. The van der Waals surface area contributed by atoms with Crippen LogP contribution in [0.2, 0.25) is 0 Å². The van der Waals surface area contributed by atoms with Gasteiger partial charge in [-0.3, -0.25) is 9.78 Å². The molecule has 0 bridgehead atoms. The molecule has 2 aromatic heterocycles. The second-order valence-corrected chi connectivity index (χ2v) is 7.83. The van der Waals surface area contributed by atoms with Gasteiger partial charge in [-0.05, 0) is 31.4 Å². The molecule has 27 heavy (non-hydrogen) atoms. The first-order chi connectivity index (χ1) is 13.2. The number of ether oxygens (including phenoxy) is 2. The fourth-order valence-electron chi connectivity index (χ4n) is 3.94. The topological polar surface area (TPSA) is 77.7 Å². The van der Waals surface area contributed by atoms with Crippen molar-refractivity contribution in [1.29, 1.82) is 0 Å². The zero-order valence-electron chi connectivity index (χ0n) is 15.2. The highest BCUT2D eigenvalue weighted by Gasteiger charge is 2.50. The van der Waals surface area contributed by atoms with Crippen LogP contribution in [0.3, 0.4) is 0 Å². The van der Waals surface area contributed by atoms with E-state index in [1.165, 1.54) is 0 Å². The zero-order valence-corrected chi connectivity index (χ0v) is 15.2. The number of amides is 1. The van der Waals surface area contributed by atoms with Crippen LogP contribution >= 0.6 is 0 Å². The number of pyridine rings is 1.